The van der Waals surface area contributed by atoms with Gasteiger partial charge in [0.2, 0.25) is 5.91 Å². The first-order valence-corrected chi connectivity index (χ1v) is 6.39. The van der Waals surface area contributed by atoms with Crippen molar-refractivity contribution in [3.8, 4) is 0 Å². The molecule has 3 nitrogen and oxygen atoms in total. The van der Waals surface area contributed by atoms with E-state index in [1.54, 1.807) is 0 Å². The molecule has 1 aliphatic carbocycles. The SMILES string of the molecule is CNCC(=O)NC1CCCCC1C(C)(C)C. The molecule has 0 aromatic rings. The minimum atomic E-state index is 0.128. The number of carbonyl (C=O) groups excluding carboxylic acids is 1. The lowest BCUT2D eigenvalue weighted by atomic mass is 9.69. The first kappa shape index (κ1) is 13.5. The minimum Gasteiger partial charge on any atom is -0.352 e. The predicted octanol–water partition coefficient (Wildman–Crippen LogP) is 1.93. The second kappa shape index (κ2) is 5.67. The summed E-state index contributed by atoms with van der Waals surface area (Å²) >= 11 is 0. The van der Waals surface area contributed by atoms with E-state index >= 15 is 0 Å². The van der Waals surface area contributed by atoms with Crippen LogP contribution in [0.3, 0.4) is 0 Å². The van der Waals surface area contributed by atoms with E-state index in [1.165, 1.54) is 19.3 Å². The van der Waals surface area contributed by atoms with Crippen molar-refractivity contribution in [2.24, 2.45) is 11.3 Å². The molecule has 0 aromatic heterocycles. The number of hydrogen-bond acceptors (Lipinski definition) is 2. The molecule has 1 fully saturated rings. The highest BCUT2D eigenvalue weighted by Gasteiger charge is 2.34. The van der Waals surface area contributed by atoms with Crippen molar-refractivity contribution >= 4 is 5.91 Å². The van der Waals surface area contributed by atoms with Gasteiger partial charge in [0.1, 0.15) is 0 Å². The second-order valence-electron chi connectivity index (χ2n) is 5.96. The van der Waals surface area contributed by atoms with Crippen LogP contribution >= 0.6 is 0 Å². The first-order chi connectivity index (χ1) is 7.45. The highest BCUT2D eigenvalue weighted by atomic mass is 16.1. The average molecular weight is 226 g/mol. The maximum absolute atomic E-state index is 11.6. The Labute approximate surface area is 99.4 Å². The average Bonchev–Trinajstić information content (AvgIpc) is 2.17. The highest BCUT2D eigenvalue weighted by molar-refractivity contribution is 5.78. The number of likely N-dealkylation sites (N-methyl/N-ethyl adjacent to an activating group) is 1. The molecule has 0 spiro atoms. The van der Waals surface area contributed by atoms with E-state index in [4.69, 9.17) is 0 Å². The molecule has 0 saturated heterocycles. The summed E-state index contributed by atoms with van der Waals surface area (Å²) < 4.78 is 0. The number of rotatable bonds is 3. The van der Waals surface area contributed by atoms with Crippen LogP contribution in [0.2, 0.25) is 0 Å². The lowest BCUT2D eigenvalue weighted by molar-refractivity contribution is -0.121. The fourth-order valence-corrected chi connectivity index (χ4v) is 2.76. The summed E-state index contributed by atoms with van der Waals surface area (Å²) in [5.74, 6) is 0.741. The van der Waals surface area contributed by atoms with E-state index in [0.717, 1.165) is 6.42 Å². The van der Waals surface area contributed by atoms with Gasteiger partial charge in [0.25, 0.3) is 0 Å². The molecule has 0 aliphatic heterocycles. The van der Waals surface area contributed by atoms with Crippen LogP contribution in [0.1, 0.15) is 46.5 Å². The van der Waals surface area contributed by atoms with Gasteiger partial charge < -0.3 is 10.6 Å². The Kier molecular flexibility index (Phi) is 4.78. The van der Waals surface area contributed by atoms with Crippen LogP contribution in [0.5, 0.6) is 0 Å². The third-order valence-corrected chi connectivity index (χ3v) is 3.56. The van der Waals surface area contributed by atoms with Crippen molar-refractivity contribution in [2.45, 2.75) is 52.5 Å². The minimum absolute atomic E-state index is 0.128. The van der Waals surface area contributed by atoms with E-state index in [9.17, 15) is 4.79 Å². The summed E-state index contributed by atoms with van der Waals surface area (Å²) in [4.78, 5) is 11.6. The van der Waals surface area contributed by atoms with Crippen LogP contribution < -0.4 is 10.6 Å². The van der Waals surface area contributed by atoms with Crippen molar-refractivity contribution in [2.75, 3.05) is 13.6 Å². The highest BCUT2D eigenvalue weighted by Crippen LogP contribution is 2.37. The van der Waals surface area contributed by atoms with Crippen molar-refractivity contribution in [3.05, 3.63) is 0 Å². The smallest absolute Gasteiger partial charge is 0.234 e. The Morgan fingerprint density at radius 1 is 1.25 bits per heavy atom. The lowest BCUT2D eigenvalue weighted by Gasteiger charge is -2.40. The Hall–Kier alpha value is -0.570. The molecule has 1 amide bonds. The summed E-state index contributed by atoms with van der Waals surface area (Å²) in [6, 6.07) is 0.370. The normalized spacial score (nSPS) is 26.5. The Morgan fingerprint density at radius 3 is 2.44 bits per heavy atom. The van der Waals surface area contributed by atoms with Crippen molar-refractivity contribution < 1.29 is 4.79 Å². The van der Waals surface area contributed by atoms with Gasteiger partial charge in [0.05, 0.1) is 6.54 Å². The van der Waals surface area contributed by atoms with Gasteiger partial charge in [-0.15, -0.1) is 0 Å². The predicted molar refractivity (Wildman–Crippen MR) is 67.3 cm³/mol. The quantitative estimate of drug-likeness (QED) is 0.772. The number of nitrogens with one attached hydrogen (secondary N) is 2. The molecule has 1 rings (SSSR count). The number of amides is 1. The molecule has 94 valence electrons. The van der Waals surface area contributed by atoms with Crippen LogP contribution in [0.25, 0.3) is 0 Å². The monoisotopic (exact) mass is 226 g/mol. The van der Waals surface area contributed by atoms with E-state index in [0.29, 0.717) is 18.5 Å². The Bertz CT molecular complexity index is 233. The lowest BCUT2D eigenvalue weighted by Crippen LogP contribution is -2.48. The zero-order valence-corrected chi connectivity index (χ0v) is 11.1. The van der Waals surface area contributed by atoms with E-state index in [2.05, 4.69) is 31.4 Å². The molecule has 2 N–H and O–H groups in total. The largest absolute Gasteiger partial charge is 0.352 e. The molecule has 2 atom stereocenters. The fourth-order valence-electron chi connectivity index (χ4n) is 2.76. The summed E-state index contributed by atoms with van der Waals surface area (Å²) in [5.41, 5.74) is 0.290. The van der Waals surface area contributed by atoms with Crippen molar-refractivity contribution in [3.63, 3.8) is 0 Å². The van der Waals surface area contributed by atoms with Gasteiger partial charge in [-0.25, -0.2) is 0 Å². The molecule has 16 heavy (non-hydrogen) atoms. The third-order valence-electron chi connectivity index (χ3n) is 3.56. The van der Waals surface area contributed by atoms with Gasteiger partial charge in [-0.2, -0.15) is 0 Å². The van der Waals surface area contributed by atoms with Gasteiger partial charge in [-0.1, -0.05) is 33.6 Å². The van der Waals surface area contributed by atoms with E-state index in [-0.39, 0.29) is 11.3 Å². The zero-order valence-electron chi connectivity index (χ0n) is 11.1. The molecule has 0 bridgehead atoms. The van der Waals surface area contributed by atoms with Crippen LogP contribution in [0, 0.1) is 11.3 Å². The zero-order chi connectivity index (χ0) is 12.2. The maximum Gasteiger partial charge on any atom is 0.234 e. The molecule has 3 heteroatoms. The number of hydrogen-bond donors (Lipinski definition) is 2. The van der Waals surface area contributed by atoms with Crippen LogP contribution in [-0.2, 0) is 4.79 Å². The molecule has 1 saturated carbocycles. The van der Waals surface area contributed by atoms with Gasteiger partial charge in [-0.05, 0) is 31.2 Å². The van der Waals surface area contributed by atoms with Crippen LogP contribution in [0.4, 0.5) is 0 Å². The maximum atomic E-state index is 11.6. The molecule has 1 aliphatic rings. The topological polar surface area (TPSA) is 41.1 Å². The molecular weight excluding hydrogens is 200 g/mol. The standard InChI is InChI=1S/C13H26N2O/c1-13(2,3)10-7-5-6-8-11(10)15-12(16)9-14-4/h10-11,14H,5-9H2,1-4H3,(H,15,16). The number of carbonyl (C=O) groups is 1. The van der Waals surface area contributed by atoms with Crippen LogP contribution in [-0.4, -0.2) is 25.5 Å². The van der Waals surface area contributed by atoms with Gasteiger partial charge in [0, 0.05) is 6.04 Å². The third kappa shape index (κ3) is 3.78. The van der Waals surface area contributed by atoms with Gasteiger partial charge in [0.15, 0.2) is 0 Å². The van der Waals surface area contributed by atoms with Gasteiger partial charge in [-0.3, -0.25) is 4.79 Å². The summed E-state index contributed by atoms with van der Waals surface area (Å²) in [6.07, 6.45) is 4.93. The first-order valence-electron chi connectivity index (χ1n) is 6.39. The van der Waals surface area contributed by atoms with Crippen molar-refractivity contribution in [1.29, 1.82) is 0 Å². The van der Waals surface area contributed by atoms with E-state index in [1.807, 2.05) is 7.05 Å². The summed E-state index contributed by atoms with van der Waals surface area (Å²) in [5, 5.41) is 6.07. The molecular formula is C13H26N2O. The molecule has 0 heterocycles. The summed E-state index contributed by atoms with van der Waals surface area (Å²) in [6.45, 7) is 7.26. The van der Waals surface area contributed by atoms with Crippen LogP contribution in [0.15, 0.2) is 0 Å². The molecule has 2 unspecified atom stereocenters. The fraction of sp³-hybridized carbons (Fsp3) is 0.923. The van der Waals surface area contributed by atoms with Gasteiger partial charge >= 0.3 is 0 Å². The van der Waals surface area contributed by atoms with E-state index < -0.39 is 0 Å². The Morgan fingerprint density at radius 2 is 1.88 bits per heavy atom. The Balaban J connectivity index is 2.57. The van der Waals surface area contributed by atoms with Crippen molar-refractivity contribution in [1.82, 2.24) is 10.6 Å². The summed E-state index contributed by atoms with van der Waals surface area (Å²) in [7, 11) is 1.81. The molecule has 0 aromatic carbocycles. The second-order valence-corrected chi connectivity index (χ2v) is 5.96. The molecule has 0 radical (unpaired) electrons.